The summed E-state index contributed by atoms with van der Waals surface area (Å²) in [5.41, 5.74) is 0. The van der Waals surface area contributed by atoms with Crippen LogP contribution in [-0.2, 0) is 0 Å². The van der Waals surface area contributed by atoms with Crippen molar-refractivity contribution in [3.05, 3.63) is 12.2 Å². The van der Waals surface area contributed by atoms with E-state index in [0.717, 1.165) is 5.25 Å². The van der Waals surface area contributed by atoms with E-state index in [1.54, 1.807) is 0 Å². The first-order valence-corrected chi connectivity index (χ1v) is 4.39. The average molecular weight is 144 g/mol. The van der Waals surface area contributed by atoms with Crippen LogP contribution in [0, 0.1) is 0 Å². The first-order valence-electron chi connectivity index (χ1n) is 3.45. The third kappa shape index (κ3) is 5.97. The summed E-state index contributed by atoms with van der Waals surface area (Å²) in [4.78, 5) is 0. The number of allylic oxidation sites excluding steroid dienone is 1. The summed E-state index contributed by atoms with van der Waals surface area (Å²) in [6.07, 6.45) is 4.34. The number of rotatable bonds is 3. The molecule has 0 amide bonds. The predicted octanol–water partition coefficient (Wildman–Crippen LogP) is 3.09. The SMILES string of the molecule is C/C=C/C(C)SC(C)C. The molecule has 0 aliphatic carbocycles. The zero-order valence-electron chi connectivity index (χ0n) is 6.72. The standard InChI is InChI=1S/C8H16S/c1-5-6-8(4)9-7(2)3/h5-8H,1-4H3/b6-5+. The normalized spacial score (nSPS) is 15.2. The van der Waals surface area contributed by atoms with E-state index in [2.05, 4.69) is 39.8 Å². The minimum Gasteiger partial charge on any atom is -0.152 e. The highest BCUT2D eigenvalue weighted by molar-refractivity contribution is 8.00. The van der Waals surface area contributed by atoms with Crippen LogP contribution in [0.15, 0.2) is 12.2 Å². The molecule has 0 aliphatic heterocycles. The van der Waals surface area contributed by atoms with Crippen molar-refractivity contribution in [2.24, 2.45) is 0 Å². The van der Waals surface area contributed by atoms with Gasteiger partial charge in [0.05, 0.1) is 0 Å². The summed E-state index contributed by atoms with van der Waals surface area (Å²) in [5, 5.41) is 1.42. The summed E-state index contributed by atoms with van der Waals surface area (Å²) in [7, 11) is 0. The highest BCUT2D eigenvalue weighted by atomic mass is 32.2. The maximum absolute atomic E-state index is 2.23. The highest BCUT2D eigenvalue weighted by Crippen LogP contribution is 2.16. The molecule has 0 rings (SSSR count). The van der Waals surface area contributed by atoms with Crippen molar-refractivity contribution >= 4 is 11.8 Å². The van der Waals surface area contributed by atoms with Gasteiger partial charge in [0.25, 0.3) is 0 Å². The average Bonchev–Trinajstić information content (AvgIpc) is 1.63. The lowest BCUT2D eigenvalue weighted by atomic mass is 10.4. The van der Waals surface area contributed by atoms with Crippen LogP contribution < -0.4 is 0 Å². The molecular weight excluding hydrogens is 128 g/mol. The van der Waals surface area contributed by atoms with Crippen molar-refractivity contribution in [3.8, 4) is 0 Å². The van der Waals surface area contributed by atoms with Crippen molar-refractivity contribution in [1.82, 2.24) is 0 Å². The van der Waals surface area contributed by atoms with Crippen molar-refractivity contribution < 1.29 is 0 Å². The molecule has 54 valence electrons. The Hall–Kier alpha value is 0.0900. The smallest absolute Gasteiger partial charge is 0.0201 e. The van der Waals surface area contributed by atoms with Crippen LogP contribution in [-0.4, -0.2) is 10.5 Å². The van der Waals surface area contributed by atoms with Crippen molar-refractivity contribution in [2.45, 2.75) is 38.2 Å². The van der Waals surface area contributed by atoms with Crippen molar-refractivity contribution in [1.29, 1.82) is 0 Å². The van der Waals surface area contributed by atoms with E-state index in [1.807, 2.05) is 11.8 Å². The molecule has 0 N–H and O–H groups in total. The summed E-state index contributed by atoms with van der Waals surface area (Å²) in [5.74, 6) is 0. The molecule has 0 heterocycles. The fourth-order valence-corrected chi connectivity index (χ4v) is 1.85. The predicted molar refractivity (Wildman–Crippen MR) is 47.0 cm³/mol. The van der Waals surface area contributed by atoms with E-state index < -0.39 is 0 Å². The Labute approximate surface area is 62.7 Å². The first-order chi connectivity index (χ1) is 4.16. The van der Waals surface area contributed by atoms with Crippen LogP contribution in [0.5, 0.6) is 0 Å². The fourth-order valence-electron chi connectivity index (χ4n) is 0.746. The van der Waals surface area contributed by atoms with Gasteiger partial charge in [-0.25, -0.2) is 0 Å². The lowest BCUT2D eigenvalue weighted by Gasteiger charge is -2.07. The fraction of sp³-hybridized carbons (Fsp3) is 0.750. The van der Waals surface area contributed by atoms with Crippen LogP contribution in [0.4, 0.5) is 0 Å². The van der Waals surface area contributed by atoms with E-state index in [0.29, 0.717) is 5.25 Å². The van der Waals surface area contributed by atoms with Gasteiger partial charge in [-0.2, -0.15) is 11.8 Å². The summed E-state index contributed by atoms with van der Waals surface area (Å²) >= 11 is 1.99. The van der Waals surface area contributed by atoms with E-state index in [4.69, 9.17) is 0 Å². The monoisotopic (exact) mass is 144 g/mol. The van der Waals surface area contributed by atoms with Crippen LogP contribution in [0.1, 0.15) is 27.7 Å². The van der Waals surface area contributed by atoms with Crippen LogP contribution >= 0.6 is 11.8 Å². The van der Waals surface area contributed by atoms with E-state index in [1.165, 1.54) is 0 Å². The van der Waals surface area contributed by atoms with Gasteiger partial charge >= 0.3 is 0 Å². The topological polar surface area (TPSA) is 0 Å². The zero-order chi connectivity index (χ0) is 7.28. The zero-order valence-corrected chi connectivity index (χ0v) is 7.53. The molecule has 0 bridgehead atoms. The van der Waals surface area contributed by atoms with Crippen LogP contribution in [0.25, 0.3) is 0 Å². The number of thioether (sulfide) groups is 1. The molecule has 0 aromatic rings. The molecule has 0 fully saturated rings. The molecule has 1 heteroatoms. The molecule has 0 spiro atoms. The second-order valence-electron chi connectivity index (χ2n) is 2.42. The molecule has 0 nitrogen and oxygen atoms in total. The Bertz CT molecular complexity index is 84.6. The maximum atomic E-state index is 2.23. The Morgan fingerprint density at radius 1 is 1.22 bits per heavy atom. The summed E-state index contributed by atoms with van der Waals surface area (Å²) < 4.78 is 0. The molecule has 1 unspecified atom stereocenters. The Morgan fingerprint density at radius 2 is 1.78 bits per heavy atom. The van der Waals surface area contributed by atoms with E-state index >= 15 is 0 Å². The second-order valence-corrected chi connectivity index (χ2v) is 4.37. The molecule has 0 radical (unpaired) electrons. The molecule has 0 aromatic carbocycles. The largest absolute Gasteiger partial charge is 0.152 e. The molecule has 0 saturated carbocycles. The van der Waals surface area contributed by atoms with Gasteiger partial charge in [0.1, 0.15) is 0 Å². The third-order valence-corrected chi connectivity index (χ3v) is 2.08. The van der Waals surface area contributed by atoms with Crippen molar-refractivity contribution in [2.75, 3.05) is 0 Å². The lowest BCUT2D eigenvalue weighted by Crippen LogP contribution is -1.96. The van der Waals surface area contributed by atoms with E-state index in [9.17, 15) is 0 Å². The summed E-state index contributed by atoms with van der Waals surface area (Å²) in [6, 6.07) is 0. The molecular formula is C8H16S. The van der Waals surface area contributed by atoms with Gasteiger partial charge in [-0.3, -0.25) is 0 Å². The Kier molecular flexibility index (Phi) is 4.97. The molecule has 0 aromatic heterocycles. The number of hydrogen-bond donors (Lipinski definition) is 0. The lowest BCUT2D eigenvalue weighted by molar-refractivity contribution is 1.09. The van der Waals surface area contributed by atoms with Gasteiger partial charge < -0.3 is 0 Å². The minimum atomic E-state index is 0.676. The van der Waals surface area contributed by atoms with Gasteiger partial charge in [-0.15, -0.1) is 0 Å². The first kappa shape index (κ1) is 9.09. The van der Waals surface area contributed by atoms with Gasteiger partial charge in [0.15, 0.2) is 0 Å². The van der Waals surface area contributed by atoms with Crippen LogP contribution in [0.2, 0.25) is 0 Å². The maximum Gasteiger partial charge on any atom is 0.0201 e. The molecule has 9 heavy (non-hydrogen) atoms. The van der Waals surface area contributed by atoms with Gasteiger partial charge in [0.2, 0.25) is 0 Å². The Morgan fingerprint density at radius 3 is 2.11 bits per heavy atom. The summed E-state index contributed by atoms with van der Waals surface area (Å²) in [6.45, 7) is 8.75. The molecule has 0 saturated heterocycles. The highest BCUT2D eigenvalue weighted by Gasteiger charge is 1.98. The third-order valence-electron chi connectivity index (χ3n) is 0.950. The Balaban J connectivity index is 3.38. The van der Waals surface area contributed by atoms with E-state index in [-0.39, 0.29) is 0 Å². The molecule has 1 atom stereocenters. The van der Waals surface area contributed by atoms with Gasteiger partial charge in [-0.1, -0.05) is 26.0 Å². The molecule has 0 aliphatic rings. The van der Waals surface area contributed by atoms with Crippen molar-refractivity contribution in [3.63, 3.8) is 0 Å². The quantitative estimate of drug-likeness (QED) is 0.548. The minimum absolute atomic E-state index is 0.676. The van der Waals surface area contributed by atoms with Gasteiger partial charge in [0, 0.05) is 5.25 Å². The second kappa shape index (κ2) is 4.92. The van der Waals surface area contributed by atoms with Gasteiger partial charge in [-0.05, 0) is 19.1 Å². The number of hydrogen-bond acceptors (Lipinski definition) is 1. The van der Waals surface area contributed by atoms with Crippen LogP contribution in [0.3, 0.4) is 0 Å².